The average molecular weight is 472 g/mol. The van der Waals surface area contributed by atoms with Gasteiger partial charge in [0.15, 0.2) is 15.8 Å². The van der Waals surface area contributed by atoms with Crippen LogP contribution in [-0.2, 0) is 16.6 Å². The quantitative estimate of drug-likeness (QED) is 0.615. The van der Waals surface area contributed by atoms with Crippen LogP contribution in [0.2, 0.25) is 0 Å². The van der Waals surface area contributed by atoms with Crippen LogP contribution in [0.3, 0.4) is 0 Å². The van der Waals surface area contributed by atoms with Crippen molar-refractivity contribution >= 4 is 23.1 Å². The third kappa shape index (κ3) is 2.12. The molecule has 170 valence electrons. The number of thioether (sulfide) groups is 1. The molecule has 1 saturated heterocycles. The van der Waals surface area contributed by atoms with E-state index in [4.69, 9.17) is 14.2 Å². The number of rotatable bonds is 5. The summed E-state index contributed by atoms with van der Waals surface area (Å²) in [4.78, 5) is 2.65. The number of nitrogens with zero attached hydrogens (tertiary/aromatic N) is 3. The van der Waals surface area contributed by atoms with E-state index >= 15 is 0 Å². The van der Waals surface area contributed by atoms with Crippen LogP contribution in [0, 0.1) is 11.3 Å². The van der Waals surface area contributed by atoms with E-state index in [-0.39, 0.29) is 22.5 Å². The Kier molecular flexibility index (Phi) is 4.15. The SMILES string of the molecule is COc1ccc2c3c1O[C@H]1[C@@]4(OC)CC[C@@]5(C[C@@H]4CSc4nncs4)C(C2)N(C)CC[C@]315. The van der Waals surface area contributed by atoms with Gasteiger partial charge in [-0.3, -0.25) is 0 Å². The highest BCUT2D eigenvalue weighted by molar-refractivity contribution is 8.01. The van der Waals surface area contributed by atoms with E-state index in [2.05, 4.69) is 34.3 Å². The molecule has 4 bridgehead atoms. The predicted molar refractivity (Wildman–Crippen MR) is 124 cm³/mol. The molecule has 4 aliphatic carbocycles. The second-order valence-electron chi connectivity index (χ2n) is 10.3. The number of likely N-dealkylation sites (N-methyl/N-ethyl adjacent to an activating group) is 1. The largest absolute Gasteiger partial charge is 0.493 e. The topological polar surface area (TPSA) is 56.7 Å². The summed E-state index contributed by atoms with van der Waals surface area (Å²) in [6.07, 6.45) is 5.76. The zero-order valence-electron chi connectivity index (χ0n) is 18.8. The second-order valence-corrected chi connectivity index (χ2v) is 12.4. The molecule has 4 fully saturated rings. The minimum absolute atomic E-state index is 0.0276. The molecule has 1 unspecified atom stereocenters. The van der Waals surface area contributed by atoms with Crippen LogP contribution in [0.4, 0.5) is 0 Å². The van der Waals surface area contributed by atoms with Crippen LogP contribution >= 0.6 is 23.1 Å². The molecule has 6 nitrogen and oxygen atoms in total. The lowest BCUT2D eigenvalue weighted by Gasteiger charge is -2.73. The maximum atomic E-state index is 7.02. The van der Waals surface area contributed by atoms with Gasteiger partial charge in [0.05, 0.1) is 7.11 Å². The Balaban J connectivity index is 1.41. The van der Waals surface area contributed by atoms with Gasteiger partial charge in [0.1, 0.15) is 17.2 Å². The van der Waals surface area contributed by atoms with Crippen LogP contribution in [0.25, 0.3) is 0 Å². The fraction of sp³-hybridized carbons (Fsp3) is 0.667. The molecule has 1 aromatic heterocycles. The van der Waals surface area contributed by atoms with E-state index in [0.29, 0.717) is 12.0 Å². The maximum absolute atomic E-state index is 7.02. The molecule has 1 aromatic carbocycles. The fourth-order valence-corrected chi connectivity index (χ4v) is 10.3. The molecule has 6 aliphatic rings. The Labute approximate surface area is 197 Å². The molecule has 8 heteroatoms. The van der Waals surface area contributed by atoms with Gasteiger partial charge >= 0.3 is 0 Å². The second kappa shape index (κ2) is 6.62. The number of ether oxygens (including phenoxy) is 3. The Morgan fingerprint density at radius 1 is 1.28 bits per heavy atom. The van der Waals surface area contributed by atoms with Crippen LogP contribution in [0.15, 0.2) is 22.0 Å². The first kappa shape index (κ1) is 20.1. The first-order valence-corrected chi connectivity index (χ1v) is 13.5. The summed E-state index contributed by atoms with van der Waals surface area (Å²) in [5.41, 5.74) is 4.71. The number of likely N-dealkylation sites (tertiary alicyclic amines) is 1. The molecular weight excluding hydrogens is 442 g/mol. The van der Waals surface area contributed by atoms with Gasteiger partial charge in [0, 0.05) is 41.2 Å². The molecule has 0 amide bonds. The van der Waals surface area contributed by atoms with E-state index in [1.54, 1.807) is 18.4 Å². The summed E-state index contributed by atoms with van der Waals surface area (Å²) in [6.45, 7) is 1.12. The number of hydrogen-bond acceptors (Lipinski definition) is 8. The van der Waals surface area contributed by atoms with E-state index in [1.807, 2.05) is 24.4 Å². The zero-order valence-corrected chi connectivity index (χ0v) is 20.4. The summed E-state index contributed by atoms with van der Waals surface area (Å²) in [7, 11) is 6.01. The van der Waals surface area contributed by atoms with Gasteiger partial charge < -0.3 is 19.1 Å². The summed E-state index contributed by atoms with van der Waals surface area (Å²) in [5.74, 6) is 3.30. The van der Waals surface area contributed by atoms with Gasteiger partial charge in [-0.05, 0) is 57.3 Å². The first-order chi connectivity index (χ1) is 15.6. The Morgan fingerprint density at radius 3 is 2.97 bits per heavy atom. The zero-order chi connectivity index (χ0) is 21.7. The van der Waals surface area contributed by atoms with Crippen molar-refractivity contribution in [2.45, 2.75) is 59.6 Å². The van der Waals surface area contributed by atoms with Gasteiger partial charge in [0.2, 0.25) is 0 Å². The van der Waals surface area contributed by atoms with Crippen molar-refractivity contribution in [2.24, 2.45) is 11.3 Å². The van der Waals surface area contributed by atoms with Crippen LogP contribution < -0.4 is 9.47 Å². The average Bonchev–Trinajstić information content (AvgIpc) is 3.46. The normalized spacial score (nSPS) is 40.8. The standard InChI is InChI=1S/C24H29N3O3S2/c1-27-9-8-23-18-14-4-5-16(28-2)19(18)30-20(23)24(29-3)7-6-22(23,17(27)10-14)11-15(24)12-31-21-26-25-13-32-21/h4-5,13,15,17,20H,6-12H2,1-3H3/t15-,17?,20-,22-,23+,24-/m1/s1. The van der Waals surface area contributed by atoms with E-state index in [9.17, 15) is 0 Å². The molecule has 0 radical (unpaired) electrons. The van der Waals surface area contributed by atoms with Crippen molar-refractivity contribution in [2.75, 3.05) is 33.6 Å². The summed E-state index contributed by atoms with van der Waals surface area (Å²) >= 11 is 3.46. The molecule has 8 rings (SSSR count). The molecule has 6 atom stereocenters. The Hall–Kier alpha value is -1.35. The third-order valence-corrected chi connectivity index (χ3v) is 11.7. The minimum Gasteiger partial charge on any atom is -0.493 e. The Bertz CT molecular complexity index is 1080. The van der Waals surface area contributed by atoms with Gasteiger partial charge in [-0.25, -0.2) is 0 Å². The van der Waals surface area contributed by atoms with E-state index in [1.165, 1.54) is 24.0 Å². The number of benzene rings is 1. The van der Waals surface area contributed by atoms with E-state index < -0.39 is 0 Å². The van der Waals surface area contributed by atoms with Crippen LogP contribution in [-0.4, -0.2) is 66.4 Å². The van der Waals surface area contributed by atoms with Crippen molar-refractivity contribution < 1.29 is 14.2 Å². The number of methoxy groups -OCH3 is 2. The maximum Gasteiger partial charge on any atom is 0.174 e. The third-order valence-electron chi connectivity index (χ3n) is 9.72. The summed E-state index contributed by atoms with van der Waals surface area (Å²) in [5, 5.41) is 8.32. The van der Waals surface area contributed by atoms with Crippen molar-refractivity contribution in [3.8, 4) is 11.5 Å². The molecular formula is C24H29N3O3S2. The molecule has 32 heavy (non-hydrogen) atoms. The number of piperidine rings is 1. The smallest absolute Gasteiger partial charge is 0.174 e. The molecule has 2 spiro atoms. The lowest BCUT2D eigenvalue weighted by atomic mass is 9.35. The highest BCUT2D eigenvalue weighted by atomic mass is 32.2. The van der Waals surface area contributed by atoms with Crippen LogP contribution in [0.1, 0.15) is 36.8 Å². The van der Waals surface area contributed by atoms with Crippen molar-refractivity contribution in [3.63, 3.8) is 0 Å². The van der Waals surface area contributed by atoms with Gasteiger partial charge in [-0.1, -0.05) is 29.2 Å². The molecule has 2 aliphatic heterocycles. The van der Waals surface area contributed by atoms with Gasteiger partial charge in [-0.2, -0.15) is 0 Å². The predicted octanol–water partition coefficient (Wildman–Crippen LogP) is 3.78. The number of hydrogen-bond donors (Lipinski definition) is 0. The molecule has 2 aromatic rings. The lowest BCUT2D eigenvalue weighted by molar-refractivity contribution is -0.271. The monoisotopic (exact) mass is 471 g/mol. The lowest BCUT2D eigenvalue weighted by Crippen LogP contribution is -2.80. The molecule has 0 N–H and O–H groups in total. The minimum atomic E-state index is -0.279. The summed E-state index contributed by atoms with van der Waals surface area (Å²) < 4.78 is 20.5. The number of aromatic nitrogens is 2. The van der Waals surface area contributed by atoms with Gasteiger partial charge in [0.25, 0.3) is 0 Å². The highest BCUT2D eigenvalue weighted by Gasteiger charge is 2.80. The number of fused-ring (bicyclic) bond motifs is 2. The van der Waals surface area contributed by atoms with E-state index in [0.717, 1.165) is 47.4 Å². The van der Waals surface area contributed by atoms with Gasteiger partial charge in [-0.15, -0.1) is 10.2 Å². The molecule has 3 saturated carbocycles. The van der Waals surface area contributed by atoms with Crippen LogP contribution in [0.5, 0.6) is 11.5 Å². The highest BCUT2D eigenvalue weighted by Crippen LogP contribution is 2.76. The Morgan fingerprint density at radius 2 is 2.19 bits per heavy atom. The summed E-state index contributed by atoms with van der Waals surface area (Å²) in [6, 6.07) is 4.97. The fourth-order valence-electron chi connectivity index (χ4n) is 8.57. The first-order valence-electron chi connectivity index (χ1n) is 11.6. The van der Waals surface area contributed by atoms with Crippen molar-refractivity contribution in [1.82, 2.24) is 15.1 Å². The van der Waals surface area contributed by atoms with Crippen molar-refractivity contribution in [3.05, 3.63) is 28.8 Å². The molecule has 3 heterocycles. The van der Waals surface area contributed by atoms with Crippen molar-refractivity contribution in [1.29, 1.82) is 0 Å².